The number of aliphatic hydroxyl groups excluding tert-OH is 3. The van der Waals surface area contributed by atoms with Crippen molar-refractivity contribution < 1.29 is 20.1 Å². The van der Waals surface area contributed by atoms with Gasteiger partial charge >= 0.3 is 0 Å². The first-order valence-corrected chi connectivity index (χ1v) is 6.92. The minimum absolute atomic E-state index is 0.0466. The van der Waals surface area contributed by atoms with E-state index in [9.17, 15) is 15.3 Å². The van der Waals surface area contributed by atoms with Crippen molar-refractivity contribution in [3.63, 3.8) is 0 Å². The van der Waals surface area contributed by atoms with Crippen LogP contribution in [0.25, 0.3) is 11.2 Å². The summed E-state index contributed by atoms with van der Waals surface area (Å²) in [4.78, 5) is 14.1. The molecule has 0 amide bonds. The average Bonchev–Trinajstić information content (AvgIpc) is 3.08. The molecule has 0 spiro atoms. The van der Waals surface area contributed by atoms with Gasteiger partial charge in [0.05, 0.1) is 12.9 Å². The van der Waals surface area contributed by atoms with Crippen molar-refractivity contribution in [2.75, 3.05) is 25.6 Å². The van der Waals surface area contributed by atoms with Crippen LogP contribution in [0.15, 0.2) is 6.33 Å². The number of aromatic nitrogens is 4. The van der Waals surface area contributed by atoms with Gasteiger partial charge in [0.2, 0.25) is 5.82 Å². The van der Waals surface area contributed by atoms with Crippen molar-refractivity contribution in [1.82, 2.24) is 19.5 Å². The average molecular weight is 320 g/mol. The van der Waals surface area contributed by atoms with Crippen LogP contribution in [0.3, 0.4) is 0 Å². The Morgan fingerprint density at radius 2 is 2.09 bits per heavy atom. The van der Waals surface area contributed by atoms with Crippen LogP contribution in [0, 0.1) is 11.3 Å². The van der Waals surface area contributed by atoms with E-state index in [4.69, 9.17) is 10.00 Å². The van der Waals surface area contributed by atoms with Gasteiger partial charge < -0.3 is 25.0 Å². The van der Waals surface area contributed by atoms with Crippen LogP contribution < -0.4 is 4.90 Å². The second kappa shape index (κ2) is 5.71. The Hall–Kier alpha value is -2.32. The van der Waals surface area contributed by atoms with Crippen molar-refractivity contribution in [1.29, 1.82) is 5.26 Å². The number of fused-ring (bicyclic) bond motifs is 1. The van der Waals surface area contributed by atoms with E-state index in [2.05, 4.69) is 15.0 Å². The van der Waals surface area contributed by atoms with Gasteiger partial charge in [0.15, 0.2) is 23.2 Å². The van der Waals surface area contributed by atoms with E-state index in [1.807, 2.05) is 6.07 Å². The molecule has 4 atom stereocenters. The molecule has 3 heterocycles. The van der Waals surface area contributed by atoms with E-state index in [1.165, 1.54) is 10.9 Å². The summed E-state index contributed by atoms with van der Waals surface area (Å²) in [6.45, 7) is -0.428. The van der Waals surface area contributed by atoms with Gasteiger partial charge in [-0.3, -0.25) is 4.57 Å². The summed E-state index contributed by atoms with van der Waals surface area (Å²) >= 11 is 0. The first kappa shape index (κ1) is 15.6. The van der Waals surface area contributed by atoms with E-state index in [1.54, 1.807) is 19.0 Å². The van der Waals surface area contributed by atoms with Crippen molar-refractivity contribution in [3.05, 3.63) is 12.2 Å². The number of nitrogens with zero attached hydrogens (tertiary/aromatic N) is 6. The Kier molecular flexibility index (Phi) is 3.87. The number of hydrogen-bond acceptors (Lipinski definition) is 9. The highest BCUT2D eigenvalue weighted by Crippen LogP contribution is 2.32. The van der Waals surface area contributed by atoms with Crippen LogP contribution in [-0.2, 0) is 4.74 Å². The molecule has 1 aliphatic heterocycles. The fourth-order valence-corrected chi connectivity index (χ4v) is 2.56. The fraction of sp³-hybridized carbons (Fsp3) is 0.538. The summed E-state index contributed by atoms with van der Waals surface area (Å²) in [5.74, 6) is 0.409. The van der Waals surface area contributed by atoms with Gasteiger partial charge in [-0.1, -0.05) is 0 Å². The van der Waals surface area contributed by atoms with E-state index >= 15 is 0 Å². The zero-order valence-corrected chi connectivity index (χ0v) is 12.5. The molecule has 2 aromatic heterocycles. The van der Waals surface area contributed by atoms with Gasteiger partial charge in [-0.25, -0.2) is 4.98 Å². The maximum absolute atomic E-state index is 10.1. The third-order valence-corrected chi connectivity index (χ3v) is 3.72. The zero-order chi connectivity index (χ0) is 16.7. The predicted octanol–water partition coefficient (Wildman–Crippen LogP) is -1.62. The Morgan fingerprint density at radius 1 is 1.35 bits per heavy atom. The van der Waals surface area contributed by atoms with Crippen molar-refractivity contribution in [2.24, 2.45) is 0 Å². The normalized spacial score (nSPS) is 27.3. The highest BCUT2D eigenvalue weighted by molar-refractivity contribution is 5.83. The molecule has 0 bridgehead atoms. The molecule has 0 radical (unpaired) electrons. The van der Waals surface area contributed by atoms with E-state index in [0.717, 1.165) is 0 Å². The molecular formula is C13H16N6O4. The number of ether oxygens (including phenoxy) is 1. The van der Waals surface area contributed by atoms with Gasteiger partial charge in [0.1, 0.15) is 24.4 Å². The fourth-order valence-electron chi connectivity index (χ4n) is 2.56. The van der Waals surface area contributed by atoms with Crippen molar-refractivity contribution in [3.8, 4) is 6.07 Å². The zero-order valence-electron chi connectivity index (χ0n) is 12.5. The van der Waals surface area contributed by atoms with E-state index in [-0.39, 0.29) is 5.82 Å². The first-order chi connectivity index (χ1) is 11.0. The molecule has 1 fully saturated rings. The van der Waals surface area contributed by atoms with Gasteiger partial charge in [0, 0.05) is 14.1 Å². The lowest BCUT2D eigenvalue weighted by Crippen LogP contribution is -2.33. The molecule has 23 heavy (non-hydrogen) atoms. The molecule has 0 saturated carbocycles. The molecule has 10 nitrogen and oxygen atoms in total. The Labute approximate surface area is 131 Å². The Balaban J connectivity index is 2.13. The van der Waals surface area contributed by atoms with Crippen molar-refractivity contribution >= 4 is 17.0 Å². The summed E-state index contributed by atoms with van der Waals surface area (Å²) in [7, 11) is 3.52. The minimum atomic E-state index is -1.26. The highest BCUT2D eigenvalue weighted by atomic mass is 16.6. The SMILES string of the molecule is CN(C)c1nc(C#N)nc2c1ncn2[C@@H]1O[C@H](CO)[C@@H](O)[C@H]1O. The van der Waals surface area contributed by atoms with Gasteiger partial charge in [-0.15, -0.1) is 0 Å². The van der Waals surface area contributed by atoms with Crippen LogP contribution in [0.2, 0.25) is 0 Å². The molecule has 0 aliphatic carbocycles. The molecule has 0 aromatic carbocycles. The number of imidazole rings is 1. The van der Waals surface area contributed by atoms with Gasteiger partial charge in [-0.2, -0.15) is 15.2 Å². The second-order valence-corrected chi connectivity index (χ2v) is 5.43. The van der Waals surface area contributed by atoms with E-state index < -0.39 is 31.1 Å². The summed E-state index contributed by atoms with van der Waals surface area (Å²) in [6.07, 6.45) is -2.96. The first-order valence-electron chi connectivity index (χ1n) is 6.92. The maximum Gasteiger partial charge on any atom is 0.236 e. The van der Waals surface area contributed by atoms with Crippen LogP contribution in [0.4, 0.5) is 5.82 Å². The van der Waals surface area contributed by atoms with Crippen LogP contribution in [-0.4, -0.2) is 73.9 Å². The third-order valence-electron chi connectivity index (χ3n) is 3.72. The van der Waals surface area contributed by atoms with Crippen molar-refractivity contribution in [2.45, 2.75) is 24.5 Å². The van der Waals surface area contributed by atoms with E-state index in [0.29, 0.717) is 17.0 Å². The van der Waals surface area contributed by atoms with Crippen LogP contribution in [0.5, 0.6) is 0 Å². The smallest absolute Gasteiger partial charge is 0.236 e. The molecule has 3 N–H and O–H groups in total. The summed E-state index contributed by atoms with van der Waals surface area (Å²) in [5, 5.41) is 38.3. The summed E-state index contributed by atoms with van der Waals surface area (Å²) in [6, 6.07) is 1.88. The second-order valence-electron chi connectivity index (χ2n) is 5.43. The third kappa shape index (κ3) is 2.40. The van der Waals surface area contributed by atoms with Gasteiger partial charge in [-0.05, 0) is 0 Å². The number of anilines is 1. The lowest BCUT2D eigenvalue weighted by Gasteiger charge is -2.17. The Bertz CT molecular complexity index is 770. The topological polar surface area (TPSA) is 141 Å². The maximum atomic E-state index is 10.1. The molecule has 1 saturated heterocycles. The largest absolute Gasteiger partial charge is 0.394 e. The number of hydrogen-bond donors (Lipinski definition) is 3. The molecular weight excluding hydrogens is 304 g/mol. The van der Waals surface area contributed by atoms with Crippen LogP contribution in [0.1, 0.15) is 12.1 Å². The highest BCUT2D eigenvalue weighted by Gasteiger charge is 2.44. The molecule has 2 aromatic rings. The number of rotatable bonds is 3. The van der Waals surface area contributed by atoms with Gasteiger partial charge in [0.25, 0.3) is 0 Å². The lowest BCUT2D eigenvalue weighted by atomic mass is 10.1. The molecule has 122 valence electrons. The standard InChI is InChI=1S/C13H16N6O4/c1-18(2)11-8-12(17-7(3-14)16-11)19(5-15-8)13-10(22)9(21)6(4-20)23-13/h5-6,9-10,13,20-22H,4H2,1-2H3/t6-,9-,10-,13-/m1/s1. The number of nitriles is 1. The molecule has 0 unspecified atom stereocenters. The summed E-state index contributed by atoms with van der Waals surface area (Å²) < 4.78 is 6.90. The van der Waals surface area contributed by atoms with Crippen LogP contribution >= 0.6 is 0 Å². The predicted molar refractivity (Wildman–Crippen MR) is 77.4 cm³/mol. The molecule has 1 aliphatic rings. The molecule has 3 rings (SSSR count). The minimum Gasteiger partial charge on any atom is -0.394 e. The molecule has 10 heteroatoms. The Morgan fingerprint density at radius 3 is 2.65 bits per heavy atom. The number of aliphatic hydroxyl groups is 3. The quantitative estimate of drug-likeness (QED) is 0.608. The monoisotopic (exact) mass is 320 g/mol. The lowest BCUT2D eigenvalue weighted by molar-refractivity contribution is -0.0511. The summed E-state index contributed by atoms with van der Waals surface area (Å²) in [5.41, 5.74) is 0.738.